The zero-order valence-corrected chi connectivity index (χ0v) is 19.6. The van der Waals surface area contributed by atoms with Gasteiger partial charge in [-0.25, -0.2) is 4.39 Å². The highest BCUT2D eigenvalue weighted by atomic mass is 32.1. The summed E-state index contributed by atoms with van der Waals surface area (Å²) in [6.45, 7) is 2.99. The normalized spacial score (nSPS) is 22.5. The Balaban J connectivity index is 1.86. The molecular weight excluding hydrogens is 443 g/mol. The van der Waals surface area contributed by atoms with Gasteiger partial charge in [0.25, 0.3) is 5.91 Å². The summed E-state index contributed by atoms with van der Waals surface area (Å²) in [5.74, 6) is -1.29. The number of hydrogen-bond donors (Lipinski definition) is 3. The Labute approximate surface area is 199 Å². The minimum atomic E-state index is -1.09. The van der Waals surface area contributed by atoms with Gasteiger partial charge in [0.15, 0.2) is 5.11 Å². The Morgan fingerprint density at radius 2 is 1.97 bits per heavy atom. The van der Waals surface area contributed by atoms with Gasteiger partial charge in [0.05, 0.1) is 31.5 Å². The number of hydrogen-bond acceptors (Lipinski definition) is 5. The second-order valence-corrected chi connectivity index (χ2v) is 8.60. The fourth-order valence-electron chi connectivity index (χ4n) is 4.13. The van der Waals surface area contributed by atoms with Crippen LogP contribution < -0.4 is 10.6 Å². The molecule has 0 aliphatic carbocycles. The third kappa shape index (κ3) is 6.35. The number of ether oxygens (including phenoxy) is 2. The van der Waals surface area contributed by atoms with Gasteiger partial charge in [-0.3, -0.25) is 10.1 Å². The van der Waals surface area contributed by atoms with Crippen LogP contribution in [0.4, 0.5) is 4.39 Å². The number of unbranched alkanes of at least 4 members (excludes halogenated alkanes) is 1. The fraction of sp³-hybridized carbons (Fsp3) is 0.440. The number of halogens is 1. The SMILES string of the molecule is CCCCOC[C@H]1C[C@@](NC(=S)NC(=O)c2ccccc2)(c2ccccc2F)[C@H](CO)CO1. The maximum atomic E-state index is 15.1. The third-order valence-corrected chi connectivity index (χ3v) is 6.10. The van der Waals surface area contributed by atoms with Crippen molar-refractivity contribution in [2.24, 2.45) is 5.92 Å². The quantitative estimate of drug-likeness (QED) is 0.381. The molecule has 3 atom stereocenters. The van der Waals surface area contributed by atoms with Crippen LogP contribution in [-0.4, -0.2) is 48.7 Å². The van der Waals surface area contributed by atoms with Crippen molar-refractivity contribution in [2.45, 2.75) is 37.8 Å². The smallest absolute Gasteiger partial charge is 0.257 e. The molecule has 0 aromatic heterocycles. The van der Waals surface area contributed by atoms with Gasteiger partial charge in [0, 0.05) is 30.1 Å². The number of amides is 1. The van der Waals surface area contributed by atoms with E-state index < -0.39 is 17.3 Å². The molecule has 2 aromatic rings. The first-order valence-corrected chi connectivity index (χ1v) is 11.6. The molecule has 1 fully saturated rings. The highest BCUT2D eigenvalue weighted by Gasteiger charge is 2.48. The first-order valence-electron chi connectivity index (χ1n) is 11.2. The fourth-order valence-corrected chi connectivity index (χ4v) is 4.40. The summed E-state index contributed by atoms with van der Waals surface area (Å²) in [5.41, 5.74) is -0.269. The summed E-state index contributed by atoms with van der Waals surface area (Å²) in [4.78, 5) is 12.6. The van der Waals surface area contributed by atoms with Crippen LogP contribution in [0.1, 0.15) is 42.1 Å². The highest BCUT2D eigenvalue weighted by Crippen LogP contribution is 2.40. The summed E-state index contributed by atoms with van der Waals surface area (Å²) < 4.78 is 26.8. The molecule has 33 heavy (non-hydrogen) atoms. The number of benzene rings is 2. The monoisotopic (exact) mass is 474 g/mol. The molecule has 3 N–H and O–H groups in total. The van der Waals surface area contributed by atoms with Crippen LogP contribution in [0.2, 0.25) is 0 Å². The lowest BCUT2D eigenvalue weighted by Crippen LogP contribution is -2.61. The Morgan fingerprint density at radius 3 is 2.67 bits per heavy atom. The largest absolute Gasteiger partial charge is 0.396 e. The van der Waals surface area contributed by atoms with Crippen LogP contribution in [0.15, 0.2) is 54.6 Å². The van der Waals surface area contributed by atoms with Crippen molar-refractivity contribution in [3.63, 3.8) is 0 Å². The molecule has 0 unspecified atom stereocenters. The van der Waals surface area contributed by atoms with Crippen LogP contribution in [0.25, 0.3) is 0 Å². The molecule has 0 radical (unpaired) electrons. The summed E-state index contributed by atoms with van der Waals surface area (Å²) >= 11 is 5.47. The van der Waals surface area contributed by atoms with Gasteiger partial charge in [-0.05, 0) is 36.8 Å². The van der Waals surface area contributed by atoms with E-state index in [2.05, 4.69) is 17.6 Å². The van der Waals surface area contributed by atoms with Crippen molar-refractivity contribution < 1.29 is 23.8 Å². The molecule has 1 saturated heterocycles. The zero-order chi connectivity index (χ0) is 23.7. The number of aliphatic hydroxyl groups is 1. The van der Waals surface area contributed by atoms with E-state index in [1.54, 1.807) is 42.5 Å². The van der Waals surface area contributed by atoms with Crippen LogP contribution in [0.5, 0.6) is 0 Å². The number of aliphatic hydroxyl groups excluding tert-OH is 1. The third-order valence-electron chi connectivity index (χ3n) is 5.90. The number of thiocarbonyl (C=S) groups is 1. The van der Waals surface area contributed by atoms with Crippen molar-refractivity contribution in [3.05, 3.63) is 71.5 Å². The van der Waals surface area contributed by atoms with Crippen LogP contribution in [-0.2, 0) is 15.0 Å². The topological polar surface area (TPSA) is 79.8 Å². The lowest BCUT2D eigenvalue weighted by molar-refractivity contribution is -0.108. The Bertz CT molecular complexity index is 930. The van der Waals surface area contributed by atoms with Gasteiger partial charge < -0.3 is 19.9 Å². The molecule has 3 rings (SSSR count). The average Bonchev–Trinajstić information content (AvgIpc) is 2.82. The molecule has 1 heterocycles. The van der Waals surface area contributed by atoms with E-state index in [4.69, 9.17) is 21.7 Å². The zero-order valence-electron chi connectivity index (χ0n) is 18.8. The molecule has 1 aliphatic rings. The standard InChI is InChI=1S/C25H31FN2O4S/c1-2-3-13-31-17-20-14-25(19(15-29)16-32-20,21-11-7-8-12-22(21)26)28-24(33)27-23(30)18-9-5-4-6-10-18/h4-12,19-20,29H,2-3,13-17H2,1H3,(H2,27,28,30,33)/t19-,20-,25+/m1/s1. The van der Waals surface area contributed by atoms with Gasteiger partial charge in [-0.1, -0.05) is 49.7 Å². The van der Waals surface area contributed by atoms with Gasteiger partial charge >= 0.3 is 0 Å². The Morgan fingerprint density at radius 1 is 1.24 bits per heavy atom. The van der Waals surface area contributed by atoms with Crippen molar-refractivity contribution in [3.8, 4) is 0 Å². The van der Waals surface area contributed by atoms with E-state index in [-0.39, 0.29) is 30.3 Å². The van der Waals surface area contributed by atoms with E-state index in [1.165, 1.54) is 6.07 Å². The van der Waals surface area contributed by atoms with Crippen molar-refractivity contribution in [2.75, 3.05) is 26.4 Å². The van der Waals surface area contributed by atoms with Crippen LogP contribution in [0.3, 0.4) is 0 Å². The van der Waals surface area contributed by atoms with Gasteiger partial charge in [0.2, 0.25) is 0 Å². The molecule has 6 nitrogen and oxygen atoms in total. The molecule has 2 aromatic carbocycles. The second kappa shape index (κ2) is 12.2. The molecule has 8 heteroatoms. The van der Waals surface area contributed by atoms with Crippen LogP contribution in [0, 0.1) is 11.7 Å². The van der Waals surface area contributed by atoms with E-state index in [0.717, 1.165) is 12.8 Å². The van der Waals surface area contributed by atoms with Crippen molar-refractivity contribution >= 4 is 23.2 Å². The van der Waals surface area contributed by atoms with Gasteiger partial charge in [-0.2, -0.15) is 0 Å². The first kappa shape index (κ1) is 25.2. The number of rotatable bonds is 9. The summed E-state index contributed by atoms with van der Waals surface area (Å²) in [5, 5.41) is 16.1. The maximum absolute atomic E-state index is 15.1. The molecule has 1 amide bonds. The highest BCUT2D eigenvalue weighted by molar-refractivity contribution is 7.80. The predicted octanol–water partition coefficient (Wildman–Crippen LogP) is 3.54. The number of carbonyl (C=O) groups is 1. The molecule has 178 valence electrons. The van der Waals surface area contributed by atoms with Gasteiger partial charge in [-0.15, -0.1) is 0 Å². The molecule has 0 saturated carbocycles. The molecule has 0 spiro atoms. The molecule has 1 aliphatic heterocycles. The Kier molecular flexibility index (Phi) is 9.31. The predicted molar refractivity (Wildman–Crippen MR) is 128 cm³/mol. The van der Waals surface area contributed by atoms with E-state index in [0.29, 0.717) is 30.8 Å². The molecular formula is C25H31FN2O4S. The van der Waals surface area contributed by atoms with E-state index >= 15 is 4.39 Å². The lowest BCUT2D eigenvalue weighted by atomic mass is 9.73. The minimum absolute atomic E-state index is 0.0538. The average molecular weight is 475 g/mol. The van der Waals surface area contributed by atoms with Crippen molar-refractivity contribution in [1.82, 2.24) is 10.6 Å². The molecule has 0 bridgehead atoms. The van der Waals surface area contributed by atoms with E-state index in [1.807, 2.05) is 6.07 Å². The number of nitrogens with one attached hydrogen (secondary N) is 2. The number of carbonyl (C=O) groups excluding carboxylic acids is 1. The van der Waals surface area contributed by atoms with Crippen molar-refractivity contribution in [1.29, 1.82) is 0 Å². The second-order valence-electron chi connectivity index (χ2n) is 8.19. The van der Waals surface area contributed by atoms with Gasteiger partial charge in [0.1, 0.15) is 5.82 Å². The van der Waals surface area contributed by atoms with E-state index in [9.17, 15) is 9.90 Å². The lowest BCUT2D eigenvalue weighted by Gasteiger charge is -2.47. The summed E-state index contributed by atoms with van der Waals surface area (Å²) in [6, 6.07) is 15.1. The van der Waals surface area contributed by atoms with Crippen LogP contribution >= 0.6 is 12.2 Å². The minimum Gasteiger partial charge on any atom is -0.396 e. The summed E-state index contributed by atoms with van der Waals surface area (Å²) in [6.07, 6.45) is 1.95. The summed E-state index contributed by atoms with van der Waals surface area (Å²) in [7, 11) is 0. The maximum Gasteiger partial charge on any atom is 0.257 e. The Hall–Kier alpha value is -2.39. The first-order chi connectivity index (χ1) is 16.0.